The summed E-state index contributed by atoms with van der Waals surface area (Å²) >= 11 is 0. The molecular weight excluding hydrogens is 200 g/mol. The summed E-state index contributed by atoms with van der Waals surface area (Å²) in [6.07, 6.45) is 7.50. The van der Waals surface area contributed by atoms with Gasteiger partial charge in [0.15, 0.2) is 0 Å². The van der Waals surface area contributed by atoms with Crippen LogP contribution in [0.5, 0.6) is 0 Å². The summed E-state index contributed by atoms with van der Waals surface area (Å²) in [7, 11) is 1.92. The van der Waals surface area contributed by atoms with Gasteiger partial charge in [0.05, 0.1) is 5.69 Å². The lowest BCUT2D eigenvalue weighted by atomic mass is 10.0. The molecule has 1 aromatic heterocycles. The van der Waals surface area contributed by atoms with E-state index in [1.54, 1.807) is 0 Å². The van der Waals surface area contributed by atoms with Gasteiger partial charge in [0.2, 0.25) is 0 Å². The van der Waals surface area contributed by atoms with Crippen LogP contribution in [0.25, 0.3) is 0 Å². The maximum absolute atomic E-state index is 11.5. The molecule has 0 saturated heterocycles. The quantitative estimate of drug-likeness (QED) is 0.708. The predicted molar refractivity (Wildman–Crippen MR) is 64.1 cm³/mol. The van der Waals surface area contributed by atoms with Crippen LogP contribution in [0.2, 0.25) is 0 Å². The molecule has 1 aromatic rings. The summed E-state index contributed by atoms with van der Waals surface area (Å²) in [6.45, 7) is 4.01. The minimum atomic E-state index is 0.237. The van der Waals surface area contributed by atoms with Crippen molar-refractivity contribution in [3.05, 3.63) is 17.0 Å². The van der Waals surface area contributed by atoms with Gasteiger partial charge in [-0.15, -0.1) is 12.3 Å². The highest BCUT2D eigenvalue weighted by Gasteiger charge is 2.10. The molecule has 0 fully saturated rings. The first kappa shape index (κ1) is 12.5. The lowest BCUT2D eigenvalue weighted by Gasteiger charge is -2.01. The highest BCUT2D eigenvalue weighted by Crippen LogP contribution is 2.14. The molecule has 0 N–H and O–H groups in total. The molecule has 0 aromatic carbocycles. The maximum atomic E-state index is 11.5. The van der Waals surface area contributed by atoms with E-state index in [0.717, 1.165) is 17.8 Å². The molecule has 0 aliphatic rings. The van der Waals surface area contributed by atoms with Crippen LogP contribution < -0.4 is 0 Å². The first-order valence-corrected chi connectivity index (χ1v) is 5.50. The molecule has 16 heavy (non-hydrogen) atoms. The summed E-state index contributed by atoms with van der Waals surface area (Å²) in [5.41, 5.74) is 3.35. The third kappa shape index (κ3) is 2.96. The van der Waals surface area contributed by atoms with E-state index in [9.17, 15) is 4.79 Å². The number of hydrogen-bond donors (Lipinski definition) is 0. The summed E-state index contributed by atoms with van der Waals surface area (Å²) in [5, 5.41) is 4.32. The van der Waals surface area contributed by atoms with Gasteiger partial charge in [-0.2, -0.15) is 5.10 Å². The van der Waals surface area contributed by atoms with E-state index in [-0.39, 0.29) is 5.78 Å². The zero-order valence-electron chi connectivity index (χ0n) is 10.2. The standard InChI is InChI=1S/C13H18N2O/c1-5-6-7-12(16)8-9-13-10(2)14-15(4)11(13)3/h1H,6-9H2,2-4H3. The summed E-state index contributed by atoms with van der Waals surface area (Å²) in [4.78, 5) is 11.5. The highest BCUT2D eigenvalue weighted by molar-refractivity contribution is 5.78. The van der Waals surface area contributed by atoms with E-state index in [0.29, 0.717) is 19.3 Å². The number of terminal acetylenes is 1. The van der Waals surface area contributed by atoms with Crippen LogP contribution in [-0.2, 0) is 18.3 Å². The van der Waals surface area contributed by atoms with E-state index >= 15 is 0 Å². The summed E-state index contributed by atoms with van der Waals surface area (Å²) in [6, 6.07) is 0. The van der Waals surface area contributed by atoms with E-state index in [4.69, 9.17) is 6.42 Å². The average molecular weight is 218 g/mol. The number of rotatable bonds is 5. The normalized spacial score (nSPS) is 10.1. The molecule has 0 saturated carbocycles. The van der Waals surface area contributed by atoms with Crippen LogP contribution in [0.1, 0.15) is 36.2 Å². The van der Waals surface area contributed by atoms with Gasteiger partial charge in [-0.05, 0) is 25.8 Å². The van der Waals surface area contributed by atoms with Crippen molar-refractivity contribution in [2.75, 3.05) is 0 Å². The molecule has 0 amide bonds. The molecule has 0 unspecified atom stereocenters. The van der Waals surface area contributed by atoms with Crippen LogP contribution in [0.3, 0.4) is 0 Å². The smallest absolute Gasteiger partial charge is 0.134 e. The Kier molecular flexibility index (Phi) is 4.30. The Morgan fingerprint density at radius 3 is 2.62 bits per heavy atom. The molecule has 0 aliphatic heterocycles. The van der Waals surface area contributed by atoms with Crippen molar-refractivity contribution in [3.63, 3.8) is 0 Å². The number of carbonyl (C=O) groups excluding carboxylic acids is 1. The fraction of sp³-hybridized carbons (Fsp3) is 0.538. The molecule has 0 atom stereocenters. The molecule has 0 radical (unpaired) electrons. The van der Waals surface area contributed by atoms with Gasteiger partial charge in [0.1, 0.15) is 5.78 Å². The number of hydrogen-bond acceptors (Lipinski definition) is 2. The SMILES string of the molecule is C#CCCC(=O)CCc1c(C)nn(C)c1C. The third-order valence-corrected chi connectivity index (χ3v) is 2.86. The second-order valence-electron chi connectivity index (χ2n) is 4.02. The Balaban J connectivity index is 2.55. The van der Waals surface area contributed by atoms with Crippen LogP contribution in [0, 0.1) is 26.2 Å². The Morgan fingerprint density at radius 1 is 1.44 bits per heavy atom. The summed E-state index contributed by atoms with van der Waals surface area (Å²) in [5.74, 6) is 2.72. The van der Waals surface area contributed by atoms with Crippen LogP contribution >= 0.6 is 0 Å². The van der Waals surface area contributed by atoms with E-state index in [1.165, 1.54) is 5.56 Å². The van der Waals surface area contributed by atoms with Crippen molar-refractivity contribution in [2.45, 2.75) is 39.5 Å². The van der Waals surface area contributed by atoms with Gasteiger partial charge in [0.25, 0.3) is 0 Å². The molecule has 0 bridgehead atoms. The molecular formula is C13H18N2O. The Hall–Kier alpha value is -1.56. The fourth-order valence-corrected chi connectivity index (χ4v) is 1.78. The van der Waals surface area contributed by atoms with Crippen molar-refractivity contribution in [1.29, 1.82) is 0 Å². The second kappa shape index (κ2) is 5.50. The van der Waals surface area contributed by atoms with Crippen molar-refractivity contribution in [1.82, 2.24) is 9.78 Å². The minimum absolute atomic E-state index is 0.237. The number of carbonyl (C=O) groups is 1. The van der Waals surface area contributed by atoms with Crippen molar-refractivity contribution in [3.8, 4) is 12.3 Å². The zero-order chi connectivity index (χ0) is 12.1. The van der Waals surface area contributed by atoms with Crippen LogP contribution in [0.4, 0.5) is 0 Å². The number of ketones is 1. The van der Waals surface area contributed by atoms with Crippen LogP contribution in [0.15, 0.2) is 0 Å². The number of aryl methyl sites for hydroxylation is 2. The number of nitrogens with zero attached hydrogens (tertiary/aromatic N) is 2. The lowest BCUT2D eigenvalue weighted by Crippen LogP contribution is -2.01. The highest BCUT2D eigenvalue weighted by atomic mass is 16.1. The zero-order valence-corrected chi connectivity index (χ0v) is 10.2. The van der Waals surface area contributed by atoms with Gasteiger partial charge >= 0.3 is 0 Å². The fourth-order valence-electron chi connectivity index (χ4n) is 1.78. The molecule has 0 spiro atoms. The Labute approximate surface area is 96.8 Å². The maximum Gasteiger partial charge on any atom is 0.134 e. The third-order valence-electron chi connectivity index (χ3n) is 2.86. The van der Waals surface area contributed by atoms with Crippen LogP contribution in [-0.4, -0.2) is 15.6 Å². The topological polar surface area (TPSA) is 34.9 Å². The van der Waals surface area contributed by atoms with E-state index < -0.39 is 0 Å². The number of Topliss-reactive ketones (excluding diaryl/α,β-unsaturated/α-hetero) is 1. The van der Waals surface area contributed by atoms with Crippen molar-refractivity contribution in [2.24, 2.45) is 7.05 Å². The molecule has 0 aliphatic carbocycles. The Bertz CT molecular complexity index is 424. The van der Waals surface area contributed by atoms with E-state index in [2.05, 4.69) is 11.0 Å². The minimum Gasteiger partial charge on any atom is -0.300 e. The number of aromatic nitrogens is 2. The molecule has 1 rings (SSSR count). The van der Waals surface area contributed by atoms with Crippen molar-refractivity contribution >= 4 is 5.78 Å². The van der Waals surface area contributed by atoms with Crippen molar-refractivity contribution < 1.29 is 4.79 Å². The molecule has 3 heteroatoms. The monoisotopic (exact) mass is 218 g/mol. The van der Waals surface area contributed by atoms with Gasteiger partial charge in [-0.3, -0.25) is 9.48 Å². The molecule has 86 valence electrons. The summed E-state index contributed by atoms with van der Waals surface area (Å²) < 4.78 is 1.86. The van der Waals surface area contributed by atoms with Gasteiger partial charge < -0.3 is 0 Å². The molecule has 1 heterocycles. The van der Waals surface area contributed by atoms with Gasteiger partial charge in [-0.1, -0.05) is 0 Å². The van der Waals surface area contributed by atoms with E-state index in [1.807, 2.05) is 25.6 Å². The first-order valence-electron chi connectivity index (χ1n) is 5.50. The molecule has 3 nitrogen and oxygen atoms in total. The lowest BCUT2D eigenvalue weighted by molar-refractivity contribution is -0.118. The Morgan fingerprint density at radius 2 is 2.12 bits per heavy atom. The predicted octanol–water partition coefficient (Wildman–Crippen LogP) is 1.95. The van der Waals surface area contributed by atoms with Gasteiger partial charge in [-0.25, -0.2) is 0 Å². The second-order valence-corrected chi connectivity index (χ2v) is 4.02. The van der Waals surface area contributed by atoms with Gasteiger partial charge in [0, 0.05) is 32.0 Å². The largest absolute Gasteiger partial charge is 0.300 e. The average Bonchev–Trinajstić information content (AvgIpc) is 2.48. The first-order chi connectivity index (χ1) is 7.56.